The van der Waals surface area contributed by atoms with Crippen LogP contribution in [0.15, 0.2) is 52.3 Å². The molecule has 2 saturated heterocycles. The van der Waals surface area contributed by atoms with Gasteiger partial charge in [0.2, 0.25) is 0 Å². The highest BCUT2D eigenvalue weighted by Crippen LogP contribution is 2.35. The van der Waals surface area contributed by atoms with Gasteiger partial charge in [-0.05, 0) is 49.2 Å². The number of fused-ring (bicyclic) bond motifs is 1. The number of carbonyl (C=O) groups is 2. The van der Waals surface area contributed by atoms with Crippen molar-refractivity contribution in [2.75, 3.05) is 44.8 Å². The van der Waals surface area contributed by atoms with E-state index in [0.29, 0.717) is 65.6 Å². The molecular formula is C28H29N5O5S2. The Morgan fingerprint density at radius 3 is 2.50 bits per heavy atom. The summed E-state index contributed by atoms with van der Waals surface area (Å²) in [7, 11) is 1.60. The van der Waals surface area contributed by atoms with Gasteiger partial charge in [0, 0.05) is 32.4 Å². The zero-order chi connectivity index (χ0) is 28.4. The molecule has 0 N–H and O–H groups in total. The van der Waals surface area contributed by atoms with E-state index in [1.54, 1.807) is 37.3 Å². The minimum atomic E-state index is -0.357. The number of thiocarbonyl (C=S) groups is 1. The quantitative estimate of drug-likeness (QED) is 0.320. The van der Waals surface area contributed by atoms with Crippen molar-refractivity contribution in [1.82, 2.24) is 19.2 Å². The lowest BCUT2D eigenvalue weighted by Gasteiger charge is -2.35. The first kappa shape index (κ1) is 27.7. The number of pyridine rings is 1. The number of hydrogen-bond acceptors (Lipinski definition) is 9. The molecule has 4 heterocycles. The Labute approximate surface area is 241 Å². The maximum Gasteiger partial charge on any atom is 0.409 e. The highest BCUT2D eigenvalue weighted by atomic mass is 32.2. The fourth-order valence-corrected chi connectivity index (χ4v) is 5.85. The van der Waals surface area contributed by atoms with E-state index in [0.717, 1.165) is 16.9 Å². The average Bonchev–Trinajstić information content (AvgIpc) is 3.22. The zero-order valence-electron chi connectivity index (χ0n) is 22.5. The smallest absolute Gasteiger partial charge is 0.409 e. The summed E-state index contributed by atoms with van der Waals surface area (Å²) in [6.07, 6.45) is 2.98. The van der Waals surface area contributed by atoms with E-state index in [2.05, 4.69) is 0 Å². The van der Waals surface area contributed by atoms with Crippen molar-refractivity contribution in [1.29, 1.82) is 0 Å². The second kappa shape index (κ2) is 11.7. The normalized spacial score (nSPS) is 16.8. The summed E-state index contributed by atoms with van der Waals surface area (Å²) in [5.41, 5.74) is 2.34. The molecule has 2 aromatic heterocycles. The van der Waals surface area contributed by atoms with Crippen LogP contribution in [0.5, 0.6) is 5.75 Å². The summed E-state index contributed by atoms with van der Waals surface area (Å²) < 4.78 is 12.3. The predicted molar refractivity (Wildman–Crippen MR) is 159 cm³/mol. The van der Waals surface area contributed by atoms with Crippen molar-refractivity contribution in [2.45, 2.75) is 20.4 Å². The molecule has 10 nitrogen and oxygen atoms in total. The first-order chi connectivity index (χ1) is 19.3. The molecule has 0 unspecified atom stereocenters. The van der Waals surface area contributed by atoms with E-state index in [9.17, 15) is 14.4 Å². The number of aromatic nitrogens is 2. The number of carbonyl (C=O) groups excluding carboxylic acids is 2. The third-order valence-corrected chi connectivity index (χ3v) is 8.12. The lowest BCUT2D eigenvalue weighted by atomic mass is 10.2. The van der Waals surface area contributed by atoms with E-state index in [4.69, 9.17) is 26.7 Å². The molecule has 1 aromatic carbocycles. The van der Waals surface area contributed by atoms with Gasteiger partial charge in [0.1, 0.15) is 21.5 Å². The molecule has 0 spiro atoms. The number of hydrogen-bond donors (Lipinski definition) is 0. The molecule has 208 valence electrons. The Bertz CT molecular complexity index is 1560. The standard InChI is InChI=1S/C28H29N5O5S2/c1-4-38-27(36)31-13-11-30(12-14-31)24-21(25(34)32-16-18(2)5-10-23(32)29-24)15-22-26(35)33(28(39)40-22)17-19-6-8-20(37-3)9-7-19/h5-10,15-16H,4,11-14,17H2,1-3H3. The van der Waals surface area contributed by atoms with Gasteiger partial charge in [-0.15, -0.1) is 0 Å². The number of thioether (sulfide) groups is 1. The molecule has 2 amide bonds. The summed E-state index contributed by atoms with van der Waals surface area (Å²) in [6, 6.07) is 11.1. The van der Waals surface area contributed by atoms with Crippen LogP contribution in [0.2, 0.25) is 0 Å². The van der Waals surface area contributed by atoms with E-state index in [1.807, 2.05) is 42.2 Å². The maximum absolute atomic E-state index is 13.8. The zero-order valence-corrected chi connectivity index (χ0v) is 24.1. The summed E-state index contributed by atoms with van der Waals surface area (Å²) >= 11 is 6.71. The number of rotatable bonds is 6. The molecule has 2 aliphatic rings. The molecule has 2 fully saturated rings. The topological polar surface area (TPSA) is 96.7 Å². The Balaban J connectivity index is 1.48. The summed E-state index contributed by atoms with van der Waals surface area (Å²) in [5, 5.41) is 0. The van der Waals surface area contributed by atoms with Crippen LogP contribution in [0.3, 0.4) is 0 Å². The molecule has 40 heavy (non-hydrogen) atoms. The predicted octanol–water partition coefficient (Wildman–Crippen LogP) is 3.69. The number of methoxy groups -OCH3 is 1. The van der Waals surface area contributed by atoms with E-state index < -0.39 is 0 Å². The number of nitrogens with zero attached hydrogens (tertiary/aromatic N) is 5. The van der Waals surface area contributed by atoms with Crippen LogP contribution < -0.4 is 15.2 Å². The van der Waals surface area contributed by atoms with Crippen LogP contribution in [-0.4, -0.2) is 75.4 Å². The van der Waals surface area contributed by atoms with E-state index in [1.165, 1.54) is 21.1 Å². The Morgan fingerprint density at radius 1 is 1.10 bits per heavy atom. The number of aryl methyl sites for hydroxylation is 1. The fourth-order valence-electron chi connectivity index (χ4n) is 4.61. The third kappa shape index (κ3) is 5.54. The highest BCUT2D eigenvalue weighted by Gasteiger charge is 2.33. The van der Waals surface area contributed by atoms with Gasteiger partial charge in [-0.2, -0.15) is 0 Å². The van der Waals surface area contributed by atoms with Crippen LogP contribution in [-0.2, 0) is 16.1 Å². The third-order valence-electron chi connectivity index (χ3n) is 6.74. The van der Waals surface area contributed by atoms with Gasteiger partial charge in [-0.1, -0.05) is 42.2 Å². The molecule has 0 radical (unpaired) electrons. The first-order valence-electron chi connectivity index (χ1n) is 12.9. The van der Waals surface area contributed by atoms with Gasteiger partial charge < -0.3 is 19.3 Å². The maximum atomic E-state index is 13.8. The Morgan fingerprint density at radius 2 is 1.82 bits per heavy atom. The van der Waals surface area contributed by atoms with Crippen LogP contribution in [0, 0.1) is 6.92 Å². The molecular weight excluding hydrogens is 550 g/mol. The van der Waals surface area contributed by atoms with Crippen LogP contribution in [0.4, 0.5) is 10.6 Å². The Hall–Kier alpha value is -3.90. The van der Waals surface area contributed by atoms with Gasteiger partial charge in [0.05, 0.1) is 30.7 Å². The van der Waals surface area contributed by atoms with E-state index in [-0.39, 0.29) is 17.6 Å². The van der Waals surface area contributed by atoms with Gasteiger partial charge in [-0.25, -0.2) is 9.78 Å². The SMILES string of the molecule is CCOC(=O)N1CCN(c2nc3ccc(C)cn3c(=O)c2C=C2SC(=S)N(Cc3ccc(OC)cc3)C2=O)CC1. The lowest BCUT2D eigenvalue weighted by Crippen LogP contribution is -2.49. The van der Waals surface area contributed by atoms with Gasteiger partial charge in [-0.3, -0.25) is 18.9 Å². The number of ether oxygens (including phenoxy) is 2. The van der Waals surface area contributed by atoms with Crippen molar-refractivity contribution in [3.8, 4) is 5.75 Å². The van der Waals surface area contributed by atoms with Crippen LogP contribution >= 0.6 is 24.0 Å². The number of anilines is 1. The molecule has 3 aromatic rings. The summed E-state index contributed by atoms with van der Waals surface area (Å²) in [5.74, 6) is 0.930. The average molecular weight is 580 g/mol. The summed E-state index contributed by atoms with van der Waals surface area (Å²) in [4.78, 5) is 49.8. The second-order valence-corrected chi connectivity index (χ2v) is 11.1. The Kier molecular flexibility index (Phi) is 8.08. The minimum absolute atomic E-state index is 0.266. The second-order valence-electron chi connectivity index (χ2n) is 9.38. The van der Waals surface area contributed by atoms with Crippen molar-refractivity contribution in [3.63, 3.8) is 0 Å². The molecule has 2 aliphatic heterocycles. The number of benzene rings is 1. The highest BCUT2D eigenvalue weighted by molar-refractivity contribution is 8.26. The van der Waals surface area contributed by atoms with Gasteiger partial charge in [0.15, 0.2) is 0 Å². The molecule has 5 rings (SSSR count). The van der Waals surface area contributed by atoms with Crippen LogP contribution in [0.1, 0.15) is 23.6 Å². The molecule has 0 aliphatic carbocycles. The van der Waals surface area contributed by atoms with Crippen molar-refractivity contribution < 1.29 is 19.1 Å². The first-order valence-corrected chi connectivity index (χ1v) is 14.1. The molecule has 0 saturated carbocycles. The summed E-state index contributed by atoms with van der Waals surface area (Å²) in [6.45, 7) is 6.07. The molecule has 12 heteroatoms. The van der Waals surface area contributed by atoms with Gasteiger partial charge >= 0.3 is 6.09 Å². The largest absolute Gasteiger partial charge is 0.497 e. The number of amides is 2. The number of piperazine rings is 1. The van der Waals surface area contributed by atoms with Crippen LogP contribution in [0.25, 0.3) is 11.7 Å². The lowest BCUT2D eigenvalue weighted by molar-refractivity contribution is -0.122. The molecule has 0 atom stereocenters. The minimum Gasteiger partial charge on any atom is -0.497 e. The van der Waals surface area contributed by atoms with Crippen molar-refractivity contribution in [3.05, 3.63) is 74.5 Å². The fraction of sp³-hybridized carbons (Fsp3) is 0.321. The van der Waals surface area contributed by atoms with E-state index >= 15 is 0 Å². The van der Waals surface area contributed by atoms with Crippen molar-refractivity contribution >= 4 is 57.8 Å². The monoisotopic (exact) mass is 579 g/mol. The van der Waals surface area contributed by atoms with Gasteiger partial charge in [0.25, 0.3) is 11.5 Å². The molecule has 0 bridgehead atoms. The van der Waals surface area contributed by atoms with Crippen molar-refractivity contribution in [2.24, 2.45) is 0 Å².